The molecule has 0 saturated carbocycles. The van der Waals surface area contributed by atoms with Gasteiger partial charge in [-0.3, -0.25) is 19.4 Å². The highest BCUT2D eigenvalue weighted by atomic mass is 16.5. The number of imide groups is 1. The minimum absolute atomic E-state index is 0.0518. The van der Waals surface area contributed by atoms with Crippen molar-refractivity contribution >= 4 is 29.4 Å². The zero-order valence-electron chi connectivity index (χ0n) is 23.7. The van der Waals surface area contributed by atoms with Crippen molar-refractivity contribution in [3.05, 3.63) is 83.0 Å². The molecule has 2 saturated heterocycles. The van der Waals surface area contributed by atoms with E-state index in [-0.39, 0.29) is 24.4 Å². The fourth-order valence-electron chi connectivity index (χ4n) is 5.45. The molecule has 2 fully saturated rings. The second-order valence-electron chi connectivity index (χ2n) is 10.9. The van der Waals surface area contributed by atoms with Crippen molar-refractivity contribution in [2.24, 2.45) is 0 Å². The topological polar surface area (TPSA) is 86.3 Å². The Morgan fingerprint density at radius 2 is 1.60 bits per heavy atom. The van der Waals surface area contributed by atoms with E-state index in [1.807, 2.05) is 30.2 Å². The number of rotatable bonds is 6. The van der Waals surface area contributed by atoms with Crippen molar-refractivity contribution in [1.82, 2.24) is 14.8 Å². The van der Waals surface area contributed by atoms with E-state index in [1.54, 1.807) is 57.4 Å². The van der Waals surface area contributed by atoms with Crippen LogP contribution in [-0.2, 0) is 11.3 Å². The van der Waals surface area contributed by atoms with E-state index in [1.165, 1.54) is 9.80 Å². The third-order valence-electron chi connectivity index (χ3n) is 7.68. The van der Waals surface area contributed by atoms with E-state index in [9.17, 15) is 14.4 Å². The first-order valence-corrected chi connectivity index (χ1v) is 13.5. The summed E-state index contributed by atoms with van der Waals surface area (Å²) in [4.78, 5) is 51.4. The SMILES string of the molecule is COc1ccc(CN2C(=O)N(c3ccc(C(=O)N4CCN(c5ncc(C)cc5C)CC4)cc3)C(C)(C)C2=O)cc1. The van der Waals surface area contributed by atoms with Crippen molar-refractivity contribution in [3.8, 4) is 5.75 Å². The third kappa shape index (κ3) is 4.99. The average Bonchev–Trinajstić information content (AvgIpc) is 3.12. The lowest BCUT2D eigenvalue weighted by Crippen LogP contribution is -2.49. The van der Waals surface area contributed by atoms with Gasteiger partial charge in [-0.05, 0) is 80.8 Å². The first-order valence-electron chi connectivity index (χ1n) is 13.5. The van der Waals surface area contributed by atoms with Gasteiger partial charge in [-0.2, -0.15) is 0 Å². The second kappa shape index (κ2) is 10.6. The van der Waals surface area contributed by atoms with Gasteiger partial charge in [0.05, 0.1) is 13.7 Å². The molecule has 0 N–H and O–H groups in total. The molecular weight excluding hydrogens is 506 g/mol. The summed E-state index contributed by atoms with van der Waals surface area (Å²) in [6.45, 7) is 10.4. The second-order valence-corrected chi connectivity index (χ2v) is 10.9. The van der Waals surface area contributed by atoms with Crippen molar-refractivity contribution in [3.63, 3.8) is 0 Å². The molecule has 40 heavy (non-hydrogen) atoms. The van der Waals surface area contributed by atoms with E-state index < -0.39 is 5.54 Å². The van der Waals surface area contributed by atoms with Crippen LogP contribution in [0.25, 0.3) is 0 Å². The molecule has 0 bridgehead atoms. The number of methoxy groups -OCH3 is 1. The molecule has 0 aliphatic carbocycles. The first-order chi connectivity index (χ1) is 19.1. The van der Waals surface area contributed by atoms with E-state index in [0.29, 0.717) is 43.2 Å². The molecule has 208 valence electrons. The van der Waals surface area contributed by atoms with Crippen LogP contribution >= 0.6 is 0 Å². The lowest BCUT2D eigenvalue weighted by atomic mass is 10.0. The van der Waals surface area contributed by atoms with E-state index >= 15 is 0 Å². The molecule has 0 unspecified atom stereocenters. The summed E-state index contributed by atoms with van der Waals surface area (Å²) in [7, 11) is 1.59. The molecule has 9 nitrogen and oxygen atoms in total. The number of hydrogen-bond acceptors (Lipinski definition) is 6. The Morgan fingerprint density at radius 1 is 0.950 bits per heavy atom. The van der Waals surface area contributed by atoms with E-state index in [2.05, 4.69) is 22.9 Å². The van der Waals surface area contributed by atoms with Gasteiger partial charge in [0.1, 0.15) is 17.1 Å². The Balaban J connectivity index is 1.26. The Labute approximate surface area is 235 Å². The van der Waals surface area contributed by atoms with Gasteiger partial charge in [0, 0.05) is 43.6 Å². The Hall–Kier alpha value is -4.40. The number of pyridine rings is 1. The van der Waals surface area contributed by atoms with Crippen LogP contribution in [0.4, 0.5) is 16.3 Å². The third-order valence-corrected chi connectivity index (χ3v) is 7.68. The molecule has 2 aliphatic heterocycles. The average molecular weight is 542 g/mol. The number of carbonyl (C=O) groups excluding carboxylic acids is 3. The molecule has 0 spiro atoms. The predicted molar refractivity (Wildman–Crippen MR) is 154 cm³/mol. The van der Waals surface area contributed by atoms with E-state index in [4.69, 9.17) is 4.74 Å². The first kappa shape index (κ1) is 27.2. The number of aryl methyl sites for hydroxylation is 2. The molecule has 5 rings (SSSR count). The van der Waals surface area contributed by atoms with Crippen LogP contribution in [0.1, 0.15) is 40.9 Å². The molecule has 3 heterocycles. The van der Waals surface area contributed by atoms with Gasteiger partial charge < -0.3 is 14.5 Å². The summed E-state index contributed by atoms with van der Waals surface area (Å²) in [5.74, 6) is 1.35. The van der Waals surface area contributed by atoms with Crippen LogP contribution in [0, 0.1) is 13.8 Å². The number of amides is 4. The monoisotopic (exact) mass is 541 g/mol. The van der Waals surface area contributed by atoms with Gasteiger partial charge in [0.2, 0.25) is 0 Å². The maximum atomic E-state index is 13.4. The molecular formula is C31H35N5O4. The summed E-state index contributed by atoms with van der Waals surface area (Å²) in [6.07, 6.45) is 1.87. The Bertz CT molecular complexity index is 1430. The van der Waals surface area contributed by atoms with Crippen LogP contribution in [0.3, 0.4) is 0 Å². The maximum absolute atomic E-state index is 13.4. The van der Waals surface area contributed by atoms with Crippen molar-refractivity contribution in [1.29, 1.82) is 0 Å². The normalized spacial score (nSPS) is 17.0. The lowest BCUT2D eigenvalue weighted by Gasteiger charge is -2.36. The number of nitrogens with zero attached hydrogens (tertiary/aromatic N) is 5. The van der Waals surface area contributed by atoms with Gasteiger partial charge in [-0.25, -0.2) is 9.78 Å². The highest BCUT2D eigenvalue weighted by molar-refractivity contribution is 6.16. The predicted octanol–water partition coefficient (Wildman–Crippen LogP) is 4.42. The minimum Gasteiger partial charge on any atom is -0.497 e. The van der Waals surface area contributed by atoms with Gasteiger partial charge in [-0.1, -0.05) is 18.2 Å². The number of benzene rings is 2. The van der Waals surface area contributed by atoms with Gasteiger partial charge >= 0.3 is 6.03 Å². The van der Waals surface area contributed by atoms with Crippen molar-refractivity contribution in [2.75, 3.05) is 43.1 Å². The van der Waals surface area contributed by atoms with E-state index in [0.717, 1.165) is 22.5 Å². The number of carbonyl (C=O) groups is 3. The minimum atomic E-state index is -1.06. The summed E-state index contributed by atoms with van der Waals surface area (Å²) in [5, 5.41) is 0. The van der Waals surface area contributed by atoms with Crippen LogP contribution in [-0.4, -0.2) is 71.5 Å². The number of urea groups is 1. The van der Waals surface area contributed by atoms with Crippen molar-refractivity contribution < 1.29 is 19.1 Å². The zero-order valence-corrected chi connectivity index (χ0v) is 23.7. The standard InChI is InChI=1S/C31H35N5O4/c1-21-18-22(2)27(32-19-21)33-14-16-34(17-15-33)28(37)24-8-10-25(11-9-24)36-30(39)35(29(38)31(36,3)4)20-23-6-12-26(40-5)13-7-23/h6-13,18-19H,14-17,20H2,1-5H3. The van der Waals surface area contributed by atoms with Gasteiger partial charge in [0.25, 0.3) is 11.8 Å². The summed E-state index contributed by atoms with van der Waals surface area (Å²) in [5.41, 5.74) is 3.15. The molecule has 2 aliphatic rings. The molecule has 4 amide bonds. The highest BCUT2D eigenvalue weighted by Crippen LogP contribution is 2.34. The summed E-state index contributed by atoms with van der Waals surface area (Å²) >= 11 is 0. The molecule has 3 aromatic rings. The number of hydrogen-bond donors (Lipinski definition) is 0. The lowest BCUT2D eigenvalue weighted by molar-refractivity contribution is -0.130. The van der Waals surface area contributed by atoms with Crippen LogP contribution in [0.2, 0.25) is 0 Å². The molecule has 9 heteroatoms. The summed E-state index contributed by atoms with van der Waals surface area (Å²) < 4.78 is 5.20. The highest BCUT2D eigenvalue weighted by Gasteiger charge is 2.51. The largest absolute Gasteiger partial charge is 0.497 e. The molecule has 1 aromatic heterocycles. The van der Waals surface area contributed by atoms with Gasteiger partial charge in [0.15, 0.2) is 0 Å². The Morgan fingerprint density at radius 3 is 2.20 bits per heavy atom. The fourth-order valence-corrected chi connectivity index (χ4v) is 5.45. The van der Waals surface area contributed by atoms with Crippen molar-refractivity contribution in [2.45, 2.75) is 39.8 Å². The quantitative estimate of drug-likeness (QED) is 0.430. The van der Waals surface area contributed by atoms with Gasteiger partial charge in [-0.15, -0.1) is 0 Å². The maximum Gasteiger partial charge on any atom is 0.332 e. The molecule has 2 aromatic carbocycles. The molecule has 0 atom stereocenters. The number of ether oxygens (including phenoxy) is 1. The van der Waals surface area contributed by atoms with Crippen LogP contribution in [0.5, 0.6) is 5.75 Å². The number of piperazine rings is 1. The zero-order chi connectivity index (χ0) is 28.6. The number of aromatic nitrogens is 1. The van der Waals surface area contributed by atoms with Crippen LogP contribution in [0.15, 0.2) is 60.8 Å². The summed E-state index contributed by atoms with van der Waals surface area (Å²) in [6, 6.07) is 16.0. The fraction of sp³-hybridized carbons (Fsp3) is 0.355. The Kier molecular flexibility index (Phi) is 7.23. The smallest absolute Gasteiger partial charge is 0.332 e. The number of anilines is 2. The van der Waals surface area contributed by atoms with Crippen LogP contribution < -0.4 is 14.5 Å². The molecule has 0 radical (unpaired) electrons.